The van der Waals surface area contributed by atoms with E-state index in [-0.39, 0.29) is 11.9 Å². The first kappa shape index (κ1) is 19.7. The van der Waals surface area contributed by atoms with Crippen LogP contribution in [0.25, 0.3) is 0 Å². The molecule has 0 amide bonds. The molecule has 0 radical (unpaired) electrons. The highest BCUT2D eigenvalue weighted by molar-refractivity contribution is 7.81. The van der Waals surface area contributed by atoms with E-state index >= 15 is 0 Å². The van der Waals surface area contributed by atoms with Crippen molar-refractivity contribution in [3.05, 3.63) is 0 Å². The fourth-order valence-corrected chi connectivity index (χ4v) is 4.64. The molecule has 0 heterocycles. The summed E-state index contributed by atoms with van der Waals surface area (Å²) in [7, 11) is -2.43. The lowest BCUT2D eigenvalue weighted by molar-refractivity contribution is 0.0716. The van der Waals surface area contributed by atoms with Crippen LogP contribution in [0.2, 0.25) is 6.04 Å². The summed E-state index contributed by atoms with van der Waals surface area (Å²) in [5.74, 6) is 0. The molecule has 1 N–H and O–H groups in total. The maximum absolute atomic E-state index is 7.57. The van der Waals surface area contributed by atoms with E-state index in [1.54, 1.807) is 6.92 Å². The fourth-order valence-electron chi connectivity index (χ4n) is 1.32. The molecule has 0 rings (SSSR count). The summed E-state index contributed by atoms with van der Waals surface area (Å²) in [6.07, 6.45) is 0. The number of aliphatic hydroxyl groups is 1. The van der Waals surface area contributed by atoms with Crippen LogP contribution in [0, 0.1) is 0 Å². The average Bonchev–Trinajstić information content (AvgIpc) is 2.18. The van der Waals surface area contributed by atoms with Gasteiger partial charge in [-0.15, -0.1) is 0 Å². The molecule has 0 aromatic rings. The highest BCUT2D eigenvalue weighted by atomic mass is 32.1. The summed E-state index contributed by atoms with van der Waals surface area (Å²) >= 11 is 4.36. The van der Waals surface area contributed by atoms with Gasteiger partial charge in [-0.25, -0.2) is 0 Å². The predicted molar refractivity (Wildman–Crippen MR) is 76.6 cm³/mol. The van der Waals surface area contributed by atoms with Gasteiger partial charge in [-0.05, 0) is 27.7 Å². The molecule has 0 aliphatic carbocycles. The van der Waals surface area contributed by atoms with E-state index in [1.807, 2.05) is 27.7 Å². The zero-order valence-electron chi connectivity index (χ0n) is 11.7. The average molecular weight is 284 g/mol. The van der Waals surface area contributed by atoms with E-state index in [1.165, 1.54) is 0 Å². The van der Waals surface area contributed by atoms with Crippen LogP contribution in [-0.4, -0.2) is 45.6 Å². The number of hydrogen-bond donors (Lipinski definition) is 2. The molecule has 0 bridgehead atoms. The topological polar surface area (TPSA) is 47.9 Å². The van der Waals surface area contributed by atoms with Crippen molar-refractivity contribution in [2.75, 3.05) is 26.4 Å². The lowest BCUT2D eigenvalue weighted by Crippen LogP contribution is -2.47. The van der Waals surface area contributed by atoms with E-state index in [9.17, 15) is 0 Å². The highest BCUT2D eigenvalue weighted by Gasteiger charge is 2.41. The Kier molecular flexibility index (Phi) is 14.9. The summed E-state index contributed by atoms with van der Waals surface area (Å²) < 4.78 is 17.0. The monoisotopic (exact) mass is 284 g/mol. The Morgan fingerprint density at radius 1 is 1.00 bits per heavy atom. The number of rotatable bonds is 8. The lowest BCUT2D eigenvalue weighted by atomic mass is 10.6. The van der Waals surface area contributed by atoms with E-state index in [4.69, 9.17) is 18.4 Å². The predicted octanol–water partition coefficient (Wildman–Crippen LogP) is 2.35. The first-order valence-electron chi connectivity index (χ1n) is 6.22. The zero-order valence-corrected chi connectivity index (χ0v) is 13.6. The van der Waals surface area contributed by atoms with Gasteiger partial charge in [-0.2, -0.15) is 12.6 Å². The molecule has 17 heavy (non-hydrogen) atoms. The largest absolute Gasteiger partial charge is 0.502 e. The summed E-state index contributed by atoms with van der Waals surface area (Å²) in [5, 5.41) is 7.81. The standard InChI is InChI=1S/C9H22O3SSi.C2H6O/c1-5-10-14(11-6-2,12-7-3)8-9(4)13;1-2-3/h9,13H,5-8H2,1-4H3;3H,2H2,1H3. The van der Waals surface area contributed by atoms with Gasteiger partial charge in [0.1, 0.15) is 0 Å². The molecule has 6 heteroatoms. The summed E-state index contributed by atoms with van der Waals surface area (Å²) in [6.45, 7) is 11.7. The first-order chi connectivity index (χ1) is 8.01. The molecular weight excluding hydrogens is 256 g/mol. The van der Waals surface area contributed by atoms with E-state index in [0.29, 0.717) is 19.8 Å². The van der Waals surface area contributed by atoms with Crippen molar-refractivity contribution in [2.45, 2.75) is 45.9 Å². The van der Waals surface area contributed by atoms with Crippen LogP contribution in [0.4, 0.5) is 0 Å². The maximum atomic E-state index is 7.57. The molecule has 1 unspecified atom stereocenters. The molecule has 0 fully saturated rings. The number of thiol groups is 1. The summed E-state index contributed by atoms with van der Waals surface area (Å²) in [6, 6.07) is 0.769. The molecule has 0 aromatic carbocycles. The van der Waals surface area contributed by atoms with Crippen molar-refractivity contribution in [2.24, 2.45) is 0 Å². The molecule has 0 aliphatic rings. The van der Waals surface area contributed by atoms with Crippen molar-refractivity contribution in [1.82, 2.24) is 0 Å². The first-order valence-corrected chi connectivity index (χ1v) is 8.67. The third-order valence-corrected chi connectivity index (χ3v) is 5.46. The van der Waals surface area contributed by atoms with E-state index in [2.05, 4.69) is 12.6 Å². The van der Waals surface area contributed by atoms with Gasteiger partial charge >= 0.3 is 8.80 Å². The molecule has 4 nitrogen and oxygen atoms in total. The van der Waals surface area contributed by atoms with Crippen LogP contribution >= 0.6 is 12.6 Å². The quantitative estimate of drug-likeness (QED) is 0.530. The summed E-state index contributed by atoms with van der Waals surface area (Å²) in [4.78, 5) is 0. The second-order valence-electron chi connectivity index (χ2n) is 3.35. The molecule has 106 valence electrons. The Morgan fingerprint density at radius 2 is 1.29 bits per heavy atom. The Balaban J connectivity index is 0. The van der Waals surface area contributed by atoms with Crippen LogP contribution in [0.15, 0.2) is 0 Å². The minimum Gasteiger partial charge on any atom is -0.397 e. The molecule has 1 atom stereocenters. The molecule has 0 spiro atoms. The van der Waals surface area contributed by atoms with Gasteiger partial charge in [0, 0.05) is 37.7 Å². The van der Waals surface area contributed by atoms with Gasteiger partial charge < -0.3 is 18.4 Å². The smallest absolute Gasteiger partial charge is 0.397 e. The Hall–Kier alpha value is 0.407. The maximum Gasteiger partial charge on any atom is 0.502 e. The van der Waals surface area contributed by atoms with Crippen molar-refractivity contribution in [3.63, 3.8) is 0 Å². The van der Waals surface area contributed by atoms with Gasteiger partial charge in [0.05, 0.1) is 0 Å². The molecular formula is C11H28O4SSi. The third kappa shape index (κ3) is 11.2. The third-order valence-electron chi connectivity index (χ3n) is 1.64. The fraction of sp³-hybridized carbons (Fsp3) is 1.00. The van der Waals surface area contributed by atoms with Gasteiger partial charge in [0.15, 0.2) is 0 Å². The Morgan fingerprint density at radius 3 is 1.47 bits per heavy atom. The number of hydrogen-bond acceptors (Lipinski definition) is 5. The van der Waals surface area contributed by atoms with Crippen LogP contribution < -0.4 is 0 Å². The normalized spacial score (nSPS) is 12.9. The molecule has 0 aromatic heterocycles. The molecule has 0 saturated heterocycles. The minimum absolute atomic E-state index is 0.242. The van der Waals surface area contributed by atoms with E-state index in [0.717, 1.165) is 6.04 Å². The molecule has 0 aliphatic heterocycles. The van der Waals surface area contributed by atoms with Crippen LogP contribution in [0.1, 0.15) is 34.6 Å². The number of aliphatic hydroxyl groups excluding tert-OH is 1. The van der Waals surface area contributed by atoms with Crippen molar-refractivity contribution in [3.8, 4) is 0 Å². The summed E-state index contributed by atoms with van der Waals surface area (Å²) in [5.41, 5.74) is 0. The zero-order chi connectivity index (χ0) is 13.7. The van der Waals surface area contributed by atoms with Gasteiger partial charge in [-0.3, -0.25) is 0 Å². The van der Waals surface area contributed by atoms with Crippen molar-refractivity contribution in [1.29, 1.82) is 0 Å². The van der Waals surface area contributed by atoms with Gasteiger partial charge in [0.25, 0.3) is 0 Å². The van der Waals surface area contributed by atoms with Crippen LogP contribution in [-0.2, 0) is 13.3 Å². The van der Waals surface area contributed by atoms with Crippen molar-refractivity contribution < 1.29 is 18.4 Å². The van der Waals surface area contributed by atoms with Crippen LogP contribution in [0.5, 0.6) is 0 Å². The Bertz CT molecular complexity index is 141. The minimum atomic E-state index is -2.43. The van der Waals surface area contributed by atoms with Gasteiger partial charge in [0.2, 0.25) is 0 Å². The van der Waals surface area contributed by atoms with E-state index < -0.39 is 8.80 Å². The van der Waals surface area contributed by atoms with Crippen molar-refractivity contribution >= 4 is 21.4 Å². The second kappa shape index (κ2) is 12.9. The highest BCUT2D eigenvalue weighted by Crippen LogP contribution is 2.20. The second-order valence-corrected chi connectivity index (χ2v) is 6.87. The van der Waals surface area contributed by atoms with Gasteiger partial charge in [-0.1, -0.05) is 6.92 Å². The SMILES string of the molecule is CCO.CCO[Si](CC(C)S)(OCC)OCC. The Labute approximate surface area is 112 Å². The lowest BCUT2D eigenvalue weighted by Gasteiger charge is -2.29. The molecule has 0 saturated carbocycles. The van der Waals surface area contributed by atoms with Crippen LogP contribution in [0.3, 0.4) is 0 Å².